The number of hydrogen-bond acceptors (Lipinski definition) is 5. The van der Waals surface area contributed by atoms with Gasteiger partial charge in [0.25, 0.3) is 11.9 Å². The molecule has 6 nitrogen and oxygen atoms in total. The zero-order valence-corrected chi connectivity index (χ0v) is 11.0. The van der Waals surface area contributed by atoms with Crippen molar-refractivity contribution in [2.75, 3.05) is 31.2 Å². The van der Waals surface area contributed by atoms with Crippen molar-refractivity contribution >= 4 is 23.0 Å². The third-order valence-corrected chi connectivity index (χ3v) is 4.18. The molecule has 2 fully saturated rings. The fourth-order valence-electron chi connectivity index (χ4n) is 3.07. The van der Waals surface area contributed by atoms with Crippen LogP contribution in [0, 0.1) is 5.41 Å². The van der Waals surface area contributed by atoms with E-state index in [2.05, 4.69) is 9.88 Å². The van der Waals surface area contributed by atoms with Crippen LogP contribution in [0.15, 0.2) is 22.6 Å². The number of fused-ring (bicyclic) bond motifs is 1. The highest BCUT2D eigenvalue weighted by atomic mass is 16.5. The Morgan fingerprint density at radius 2 is 2.25 bits per heavy atom. The summed E-state index contributed by atoms with van der Waals surface area (Å²) >= 11 is 0. The first kappa shape index (κ1) is 11.7. The van der Waals surface area contributed by atoms with E-state index >= 15 is 0 Å². The van der Waals surface area contributed by atoms with Gasteiger partial charge in [0.2, 0.25) is 0 Å². The number of carbonyl (C=O) groups is 1. The Morgan fingerprint density at radius 3 is 2.95 bits per heavy atom. The topological polar surface area (TPSA) is 81.6 Å². The van der Waals surface area contributed by atoms with E-state index in [4.69, 9.17) is 14.9 Å². The largest absolute Gasteiger partial charge is 0.423 e. The van der Waals surface area contributed by atoms with Crippen LogP contribution in [0.2, 0.25) is 0 Å². The van der Waals surface area contributed by atoms with Gasteiger partial charge in [-0.3, -0.25) is 4.79 Å². The number of primary amides is 1. The van der Waals surface area contributed by atoms with E-state index in [9.17, 15) is 4.79 Å². The summed E-state index contributed by atoms with van der Waals surface area (Å²) in [7, 11) is 0. The highest BCUT2D eigenvalue weighted by Gasteiger charge is 2.47. The lowest BCUT2D eigenvalue weighted by Crippen LogP contribution is -2.57. The van der Waals surface area contributed by atoms with E-state index in [0.717, 1.165) is 32.7 Å². The molecule has 20 heavy (non-hydrogen) atoms. The van der Waals surface area contributed by atoms with Crippen molar-refractivity contribution in [3.8, 4) is 0 Å². The second-order valence-electron chi connectivity index (χ2n) is 5.67. The molecular formula is C14H15N3O3. The Balaban J connectivity index is 1.65. The Hall–Kier alpha value is -2.08. The minimum Gasteiger partial charge on any atom is -0.423 e. The Morgan fingerprint density at radius 1 is 1.40 bits per heavy atom. The minimum absolute atomic E-state index is 0.271. The molecule has 6 heteroatoms. The fourth-order valence-corrected chi connectivity index (χ4v) is 3.07. The molecule has 2 aliphatic rings. The lowest BCUT2D eigenvalue weighted by molar-refractivity contribution is 0.100. The van der Waals surface area contributed by atoms with E-state index in [1.807, 2.05) is 0 Å². The highest BCUT2D eigenvalue weighted by Crippen LogP contribution is 2.41. The fraction of sp³-hybridized carbons (Fsp3) is 0.429. The number of nitrogens with zero attached hydrogens (tertiary/aromatic N) is 2. The van der Waals surface area contributed by atoms with Crippen molar-refractivity contribution in [1.29, 1.82) is 0 Å². The van der Waals surface area contributed by atoms with Gasteiger partial charge in [-0.05, 0) is 18.6 Å². The number of ether oxygens (including phenoxy) is 1. The van der Waals surface area contributed by atoms with E-state index < -0.39 is 5.91 Å². The minimum atomic E-state index is -0.486. The van der Waals surface area contributed by atoms with Crippen molar-refractivity contribution in [2.45, 2.75) is 6.42 Å². The molecule has 2 saturated heterocycles. The number of oxazole rings is 1. The molecule has 0 saturated carbocycles. The summed E-state index contributed by atoms with van der Waals surface area (Å²) in [5.41, 5.74) is 7.16. The Bertz CT molecular complexity index is 680. The second-order valence-corrected chi connectivity index (χ2v) is 5.67. The Labute approximate surface area is 115 Å². The first-order valence-corrected chi connectivity index (χ1v) is 6.69. The van der Waals surface area contributed by atoms with Crippen molar-refractivity contribution in [3.05, 3.63) is 23.8 Å². The van der Waals surface area contributed by atoms with Crippen molar-refractivity contribution in [3.63, 3.8) is 0 Å². The van der Waals surface area contributed by atoms with Gasteiger partial charge in [0.15, 0.2) is 5.58 Å². The number of para-hydroxylation sites is 1. The summed E-state index contributed by atoms with van der Waals surface area (Å²) in [6.07, 6.45) is 1.09. The van der Waals surface area contributed by atoms with E-state index in [-0.39, 0.29) is 5.41 Å². The van der Waals surface area contributed by atoms with Crippen LogP contribution in [-0.2, 0) is 4.74 Å². The molecule has 0 atom stereocenters. The molecular weight excluding hydrogens is 258 g/mol. The smallest absolute Gasteiger partial charge is 0.298 e. The summed E-state index contributed by atoms with van der Waals surface area (Å²) in [5, 5.41) is 0. The molecule has 1 spiro atoms. The second kappa shape index (κ2) is 3.96. The van der Waals surface area contributed by atoms with Gasteiger partial charge < -0.3 is 19.8 Å². The highest BCUT2D eigenvalue weighted by molar-refractivity contribution is 6.03. The van der Waals surface area contributed by atoms with Crippen molar-refractivity contribution in [1.82, 2.24) is 4.98 Å². The average molecular weight is 273 g/mol. The summed E-state index contributed by atoms with van der Waals surface area (Å²) in [5.74, 6) is -0.486. The lowest BCUT2D eigenvalue weighted by Gasteiger charge is -2.46. The SMILES string of the molecule is NC(=O)c1cccc2oc(N3CC4(CCOC4)C3)nc12. The average Bonchev–Trinajstić information content (AvgIpc) is 3.02. The lowest BCUT2D eigenvalue weighted by atomic mass is 9.80. The molecule has 2 aromatic rings. The molecule has 1 amide bonds. The number of rotatable bonds is 2. The van der Waals surface area contributed by atoms with E-state index in [0.29, 0.717) is 22.7 Å². The van der Waals surface area contributed by atoms with Gasteiger partial charge in [0.1, 0.15) is 5.52 Å². The molecule has 2 aliphatic heterocycles. The molecule has 104 valence electrons. The maximum Gasteiger partial charge on any atom is 0.298 e. The van der Waals surface area contributed by atoms with Crippen LogP contribution in [0.4, 0.5) is 6.01 Å². The van der Waals surface area contributed by atoms with E-state index in [1.165, 1.54) is 0 Å². The third kappa shape index (κ3) is 1.61. The summed E-state index contributed by atoms with van der Waals surface area (Å²) in [6, 6.07) is 5.78. The van der Waals surface area contributed by atoms with Crippen LogP contribution in [-0.4, -0.2) is 37.2 Å². The zero-order valence-electron chi connectivity index (χ0n) is 11.0. The van der Waals surface area contributed by atoms with Gasteiger partial charge in [-0.15, -0.1) is 0 Å². The molecule has 0 bridgehead atoms. The van der Waals surface area contributed by atoms with Crippen molar-refractivity contribution in [2.24, 2.45) is 11.1 Å². The maximum atomic E-state index is 11.4. The predicted molar refractivity (Wildman–Crippen MR) is 72.6 cm³/mol. The summed E-state index contributed by atoms with van der Waals surface area (Å²) in [4.78, 5) is 17.9. The predicted octanol–water partition coefficient (Wildman–Crippen LogP) is 1.15. The van der Waals surface area contributed by atoms with Crippen LogP contribution in [0.3, 0.4) is 0 Å². The molecule has 1 aromatic carbocycles. The van der Waals surface area contributed by atoms with Gasteiger partial charge in [0.05, 0.1) is 12.2 Å². The molecule has 0 radical (unpaired) electrons. The van der Waals surface area contributed by atoms with Crippen LogP contribution in [0.1, 0.15) is 16.8 Å². The number of amides is 1. The number of aromatic nitrogens is 1. The zero-order chi connectivity index (χ0) is 13.7. The van der Waals surface area contributed by atoms with Crippen LogP contribution in [0.25, 0.3) is 11.1 Å². The van der Waals surface area contributed by atoms with Crippen LogP contribution in [0.5, 0.6) is 0 Å². The molecule has 0 unspecified atom stereocenters. The summed E-state index contributed by atoms with van der Waals surface area (Å²) < 4.78 is 11.2. The number of nitrogens with two attached hydrogens (primary N) is 1. The maximum absolute atomic E-state index is 11.4. The quantitative estimate of drug-likeness (QED) is 0.887. The standard InChI is InChI=1S/C14H15N3O3/c15-12(18)9-2-1-3-10-11(9)16-13(20-10)17-6-14(7-17)4-5-19-8-14/h1-3H,4-8H2,(H2,15,18). The monoisotopic (exact) mass is 273 g/mol. The van der Waals surface area contributed by atoms with Crippen LogP contribution >= 0.6 is 0 Å². The Kier molecular flexibility index (Phi) is 2.32. The van der Waals surface area contributed by atoms with E-state index in [1.54, 1.807) is 18.2 Å². The van der Waals surface area contributed by atoms with Gasteiger partial charge >= 0.3 is 0 Å². The molecule has 2 N–H and O–H groups in total. The first-order chi connectivity index (χ1) is 9.67. The van der Waals surface area contributed by atoms with Crippen molar-refractivity contribution < 1.29 is 13.9 Å². The first-order valence-electron chi connectivity index (χ1n) is 6.69. The number of anilines is 1. The molecule has 3 heterocycles. The third-order valence-electron chi connectivity index (χ3n) is 4.18. The van der Waals surface area contributed by atoms with Gasteiger partial charge in [-0.2, -0.15) is 4.98 Å². The number of carbonyl (C=O) groups excluding carboxylic acids is 1. The van der Waals surface area contributed by atoms with Crippen LogP contribution < -0.4 is 10.6 Å². The van der Waals surface area contributed by atoms with Gasteiger partial charge in [0, 0.05) is 25.1 Å². The summed E-state index contributed by atoms with van der Waals surface area (Å²) in [6.45, 7) is 3.45. The molecule has 4 rings (SSSR count). The van der Waals surface area contributed by atoms with Gasteiger partial charge in [-0.1, -0.05) is 6.07 Å². The molecule has 1 aromatic heterocycles. The van der Waals surface area contributed by atoms with Gasteiger partial charge in [-0.25, -0.2) is 0 Å². The number of benzene rings is 1. The normalized spacial score (nSPS) is 20.5. The molecule has 0 aliphatic carbocycles. The number of hydrogen-bond donors (Lipinski definition) is 1.